The maximum absolute atomic E-state index is 14.1. The second-order valence-electron chi connectivity index (χ2n) is 7.85. The van der Waals surface area contributed by atoms with Crippen LogP contribution in [0, 0.1) is 11.7 Å². The van der Waals surface area contributed by atoms with Crippen molar-refractivity contribution in [2.75, 3.05) is 29.9 Å². The summed E-state index contributed by atoms with van der Waals surface area (Å²) in [5, 5.41) is 10.7. The van der Waals surface area contributed by atoms with E-state index < -0.39 is 0 Å². The maximum atomic E-state index is 14.1. The molecule has 1 saturated heterocycles. The second-order valence-corrected chi connectivity index (χ2v) is 7.85. The molecule has 0 spiro atoms. The average molecular weight is 394 g/mol. The van der Waals surface area contributed by atoms with E-state index >= 15 is 0 Å². The highest BCUT2D eigenvalue weighted by Gasteiger charge is 2.25. The minimum absolute atomic E-state index is 0.152. The number of aromatic nitrogens is 3. The predicted molar refractivity (Wildman–Crippen MR) is 109 cm³/mol. The van der Waals surface area contributed by atoms with Gasteiger partial charge in [-0.15, -0.1) is 0 Å². The van der Waals surface area contributed by atoms with Gasteiger partial charge in [0.05, 0.1) is 12.2 Å². The lowest BCUT2D eigenvalue weighted by Gasteiger charge is -2.35. The molecule has 0 saturated carbocycles. The van der Waals surface area contributed by atoms with Crippen LogP contribution in [-0.4, -0.2) is 40.1 Å². The summed E-state index contributed by atoms with van der Waals surface area (Å²) in [4.78, 5) is 19.6. The van der Waals surface area contributed by atoms with Crippen LogP contribution in [-0.2, 0) is 0 Å². The van der Waals surface area contributed by atoms with Gasteiger partial charge in [0.15, 0.2) is 5.65 Å². The van der Waals surface area contributed by atoms with E-state index in [2.05, 4.69) is 25.6 Å². The van der Waals surface area contributed by atoms with E-state index in [0.29, 0.717) is 29.5 Å². The fourth-order valence-electron chi connectivity index (χ4n) is 4.28. The molecule has 0 radical (unpaired) electrons. The summed E-state index contributed by atoms with van der Waals surface area (Å²) >= 11 is 0. The molecule has 3 aliphatic heterocycles. The smallest absolute Gasteiger partial charge is 0.256 e. The number of benzene rings is 1. The third-order valence-electron chi connectivity index (χ3n) is 5.94. The Morgan fingerprint density at radius 1 is 1.21 bits per heavy atom. The molecular formula is C21H23FN6O. The van der Waals surface area contributed by atoms with E-state index in [4.69, 9.17) is 0 Å². The number of hydrogen-bond acceptors (Lipinski definition) is 5. The van der Waals surface area contributed by atoms with E-state index in [1.807, 2.05) is 13.0 Å². The molecule has 1 fully saturated rings. The van der Waals surface area contributed by atoms with Crippen molar-refractivity contribution < 1.29 is 9.18 Å². The number of amides is 1. The fraction of sp³-hybridized carbons (Fsp3) is 0.381. The van der Waals surface area contributed by atoms with Crippen molar-refractivity contribution in [3.8, 4) is 0 Å². The van der Waals surface area contributed by atoms with E-state index in [9.17, 15) is 9.18 Å². The summed E-state index contributed by atoms with van der Waals surface area (Å²) in [6.45, 7) is 4.40. The van der Waals surface area contributed by atoms with Crippen LogP contribution in [0.25, 0.3) is 5.65 Å². The monoisotopic (exact) mass is 394 g/mol. The van der Waals surface area contributed by atoms with E-state index in [0.717, 1.165) is 37.2 Å². The molecule has 8 heteroatoms. The fourth-order valence-corrected chi connectivity index (χ4v) is 4.28. The Kier molecular flexibility index (Phi) is 4.34. The van der Waals surface area contributed by atoms with Crippen LogP contribution in [0.2, 0.25) is 0 Å². The van der Waals surface area contributed by atoms with Crippen LogP contribution in [0.4, 0.5) is 15.9 Å². The number of piperidine rings is 1. The molecule has 3 aliphatic rings. The van der Waals surface area contributed by atoms with Crippen LogP contribution in [0.3, 0.4) is 0 Å². The lowest BCUT2D eigenvalue weighted by atomic mass is 9.95. The van der Waals surface area contributed by atoms with Crippen molar-refractivity contribution in [2.24, 2.45) is 5.92 Å². The topological polar surface area (TPSA) is 74.6 Å². The molecule has 7 nitrogen and oxygen atoms in total. The van der Waals surface area contributed by atoms with Crippen LogP contribution in [0.15, 0.2) is 36.7 Å². The minimum atomic E-state index is -0.249. The summed E-state index contributed by atoms with van der Waals surface area (Å²) < 4.78 is 15.7. The Balaban J connectivity index is 1.60. The largest absolute Gasteiger partial charge is 0.371 e. The number of nitrogens with zero attached hydrogens (tertiary/aromatic N) is 4. The Morgan fingerprint density at radius 3 is 2.86 bits per heavy atom. The highest BCUT2D eigenvalue weighted by molar-refractivity contribution is 5.99. The molecule has 6 rings (SSSR count). The zero-order valence-electron chi connectivity index (χ0n) is 16.2. The van der Waals surface area contributed by atoms with Crippen molar-refractivity contribution in [3.63, 3.8) is 0 Å². The molecule has 29 heavy (non-hydrogen) atoms. The number of fused-ring (bicyclic) bond motifs is 5. The van der Waals surface area contributed by atoms with Gasteiger partial charge in [-0.25, -0.2) is 13.9 Å². The zero-order chi connectivity index (χ0) is 20.0. The quantitative estimate of drug-likeness (QED) is 0.613. The second kappa shape index (κ2) is 7.02. The van der Waals surface area contributed by atoms with Gasteiger partial charge in [-0.3, -0.25) is 4.79 Å². The van der Waals surface area contributed by atoms with Crippen LogP contribution in [0.1, 0.15) is 41.7 Å². The first-order chi connectivity index (χ1) is 14.1. The number of anilines is 2. The predicted octanol–water partition coefficient (Wildman–Crippen LogP) is 3.00. The number of rotatable bonds is 0. The summed E-state index contributed by atoms with van der Waals surface area (Å²) in [6.07, 6.45) is 5.28. The normalized spacial score (nSPS) is 22.0. The van der Waals surface area contributed by atoms with Crippen molar-refractivity contribution in [3.05, 3.63) is 53.6 Å². The maximum Gasteiger partial charge on any atom is 0.256 e. The summed E-state index contributed by atoms with van der Waals surface area (Å²) in [5.41, 5.74) is 2.92. The minimum Gasteiger partial charge on any atom is -0.371 e. The van der Waals surface area contributed by atoms with Crippen LogP contribution >= 0.6 is 0 Å². The number of hydrogen-bond donors (Lipinski definition) is 2. The standard InChI is InChI=1S/C21H23FN6O/c1-13-16-10-15(22)2-3-18(16)27-7-4-14(5-8-27)11-23-21(29)17-12-24-28-9-6-19(25-13)26-20(17)28/h2-3,6,9-10,12-14H,4-5,7-8,11H2,1H3,(H,23,29)(H,25,26). The Labute approximate surface area is 167 Å². The first-order valence-corrected chi connectivity index (χ1v) is 10.0. The van der Waals surface area contributed by atoms with Gasteiger partial charge in [0.25, 0.3) is 5.91 Å². The molecule has 0 aliphatic carbocycles. The van der Waals surface area contributed by atoms with Gasteiger partial charge >= 0.3 is 0 Å². The first-order valence-electron chi connectivity index (χ1n) is 10.0. The third kappa shape index (κ3) is 3.28. The van der Waals surface area contributed by atoms with Crippen molar-refractivity contribution in [1.29, 1.82) is 0 Å². The number of carbonyl (C=O) groups is 1. The third-order valence-corrected chi connectivity index (χ3v) is 5.94. The van der Waals surface area contributed by atoms with Gasteiger partial charge in [0.2, 0.25) is 0 Å². The van der Waals surface area contributed by atoms with E-state index in [1.165, 1.54) is 6.07 Å². The van der Waals surface area contributed by atoms with E-state index in [-0.39, 0.29) is 17.8 Å². The molecule has 4 bridgehead atoms. The highest BCUT2D eigenvalue weighted by Crippen LogP contribution is 2.32. The number of nitrogens with one attached hydrogen (secondary N) is 2. The summed E-state index contributed by atoms with van der Waals surface area (Å²) in [5.74, 6) is 0.635. The van der Waals surface area contributed by atoms with Crippen molar-refractivity contribution >= 4 is 23.1 Å². The Bertz CT molecular complexity index is 1070. The lowest BCUT2D eigenvalue weighted by molar-refractivity contribution is 0.0946. The Hall–Kier alpha value is -3.16. The molecule has 3 aromatic rings. The van der Waals surface area contributed by atoms with Gasteiger partial charge in [-0.2, -0.15) is 5.10 Å². The molecule has 150 valence electrons. The Morgan fingerprint density at radius 2 is 2.03 bits per heavy atom. The molecule has 1 unspecified atom stereocenters. The van der Waals surface area contributed by atoms with Crippen molar-refractivity contribution in [1.82, 2.24) is 19.9 Å². The number of halogens is 1. The average Bonchev–Trinajstić information content (AvgIpc) is 3.15. The van der Waals surface area contributed by atoms with Gasteiger partial charge in [-0.05, 0) is 49.9 Å². The summed E-state index contributed by atoms with van der Waals surface area (Å²) in [6, 6.07) is 6.65. The van der Waals surface area contributed by atoms with Gasteiger partial charge in [0, 0.05) is 37.1 Å². The van der Waals surface area contributed by atoms with E-state index in [1.54, 1.807) is 29.0 Å². The molecule has 1 amide bonds. The lowest BCUT2D eigenvalue weighted by Crippen LogP contribution is -2.39. The SMILES string of the molecule is CC1Nc2ccn3ncc(c3n2)C(=O)NCC2CCN(CC2)c2ccc(F)cc21. The molecule has 2 aromatic heterocycles. The first kappa shape index (κ1) is 17.9. The molecule has 1 atom stereocenters. The zero-order valence-corrected chi connectivity index (χ0v) is 16.2. The van der Waals surface area contributed by atoms with Crippen LogP contribution in [0.5, 0.6) is 0 Å². The molecule has 2 N–H and O–H groups in total. The van der Waals surface area contributed by atoms with Crippen LogP contribution < -0.4 is 15.5 Å². The highest BCUT2D eigenvalue weighted by atomic mass is 19.1. The summed E-state index contributed by atoms with van der Waals surface area (Å²) in [7, 11) is 0. The van der Waals surface area contributed by atoms with Gasteiger partial charge in [-0.1, -0.05) is 0 Å². The number of carbonyl (C=O) groups excluding carboxylic acids is 1. The molecule has 1 aromatic carbocycles. The van der Waals surface area contributed by atoms with Gasteiger partial charge in [0.1, 0.15) is 17.2 Å². The molecular weight excluding hydrogens is 371 g/mol. The van der Waals surface area contributed by atoms with Gasteiger partial charge < -0.3 is 15.5 Å². The molecule has 5 heterocycles. The van der Waals surface area contributed by atoms with Crippen molar-refractivity contribution in [2.45, 2.75) is 25.8 Å².